The van der Waals surface area contributed by atoms with Crippen molar-refractivity contribution >= 4 is 11.8 Å². The van der Waals surface area contributed by atoms with Gasteiger partial charge in [-0.25, -0.2) is 4.39 Å². The fourth-order valence-electron chi connectivity index (χ4n) is 2.85. The molecule has 1 aromatic carbocycles. The van der Waals surface area contributed by atoms with Crippen LogP contribution in [0.3, 0.4) is 0 Å². The molecule has 1 aliphatic rings. The van der Waals surface area contributed by atoms with Crippen molar-refractivity contribution in [2.75, 3.05) is 12.8 Å². The van der Waals surface area contributed by atoms with Gasteiger partial charge in [-0.05, 0) is 37.3 Å². The number of hydrogen-bond acceptors (Lipinski definition) is 3. The van der Waals surface area contributed by atoms with E-state index < -0.39 is 0 Å². The summed E-state index contributed by atoms with van der Waals surface area (Å²) in [4.78, 5) is 0. The molecule has 0 spiro atoms. The van der Waals surface area contributed by atoms with E-state index in [1.807, 2.05) is 11.8 Å². The second kappa shape index (κ2) is 7.10. The lowest BCUT2D eigenvalue weighted by Crippen LogP contribution is -2.39. The van der Waals surface area contributed by atoms with Gasteiger partial charge in [-0.15, -0.1) is 0 Å². The maximum absolute atomic E-state index is 13.7. The first-order valence-corrected chi connectivity index (χ1v) is 8.36. The molecule has 1 aliphatic carbocycles. The number of benzene rings is 1. The van der Waals surface area contributed by atoms with Crippen LogP contribution in [0.1, 0.15) is 43.2 Å². The summed E-state index contributed by atoms with van der Waals surface area (Å²) in [6, 6.07) is 6.58. The molecule has 4 heteroatoms. The molecular formula is C16H21FN2S. The van der Waals surface area contributed by atoms with E-state index in [0.717, 1.165) is 6.54 Å². The van der Waals surface area contributed by atoms with Crippen molar-refractivity contribution in [3.05, 3.63) is 35.1 Å². The molecule has 108 valence electrons. The molecule has 2 nitrogen and oxygen atoms in total. The molecule has 0 unspecified atom stereocenters. The van der Waals surface area contributed by atoms with E-state index in [2.05, 4.69) is 17.6 Å². The van der Waals surface area contributed by atoms with Crippen molar-refractivity contribution in [1.29, 1.82) is 5.26 Å². The summed E-state index contributed by atoms with van der Waals surface area (Å²) in [5.41, 5.74) is 1.09. The number of thioether (sulfide) groups is 1. The van der Waals surface area contributed by atoms with E-state index >= 15 is 0 Å². The van der Waals surface area contributed by atoms with Crippen molar-refractivity contribution < 1.29 is 4.39 Å². The lowest BCUT2D eigenvalue weighted by molar-refractivity contribution is 0.378. The minimum absolute atomic E-state index is 0.238. The molecule has 2 rings (SSSR count). The normalized spacial score (nSPS) is 17.6. The Morgan fingerprint density at radius 2 is 2.10 bits per heavy atom. The summed E-state index contributed by atoms with van der Waals surface area (Å²) in [5.74, 6) is -0.238. The third kappa shape index (κ3) is 3.74. The Hall–Kier alpha value is -1.05. The van der Waals surface area contributed by atoms with Crippen LogP contribution in [0.2, 0.25) is 0 Å². The molecule has 20 heavy (non-hydrogen) atoms. The van der Waals surface area contributed by atoms with Crippen molar-refractivity contribution in [1.82, 2.24) is 5.32 Å². The van der Waals surface area contributed by atoms with E-state index in [1.54, 1.807) is 6.07 Å². The van der Waals surface area contributed by atoms with E-state index in [9.17, 15) is 4.39 Å². The van der Waals surface area contributed by atoms with E-state index in [0.29, 0.717) is 22.4 Å². The van der Waals surface area contributed by atoms with Crippen LogP contribution < -0.4 is 5.32 Å². The highest BCUT2D eigenvalue weighted by Crippen LogP contribution is 2.38. The second-order valence-corrected chi connectivity index (χ2v) is 6.74. The van der Waals surface area contributed by atoms with E-state index in [-0.39, 0.29) is 5.82 Å². The van der Waals surface area contributed by atoms with Crippen molar-refractivity contribution in [2.24, 2.45) is 0 Å². The van der Waals surface area contributed by atoms with Gasteiger partial charge in [0.2, 0.25) is 0 Å². The molecule has 0 atom stereocenters. The molecule has 0 heterocycles. The lowest BCUT2D eigenvalue weighted by Gasteiger charge is -2.36. The Balaban J connectivity index is 1.93. The maximum atomic E-state index is 13.7. The molecule has 0 aliphatic heterocycles. The van der Waals surface area contributed by atoms with Gasteiger partial charge in [-0.1, -0.05) is 19.3 Å². The molecule has 0 radical (unpaired) electrons. The van der Waals surface area contributed by atoms with Crippen molar-refractivity contribution in [3.63, 3.8) is 0 Å². The fraction of sp³-hybridized carbons (Fsp3) is 0.562. The summed E-state index contributed by atoms with van der Waals surface area (Å²) in [7, 11) is 0. The zero-order valence-electron chi connectivity index (χ0n) is 11.9. The van der Waals surface area contributed by atoms with Crippen molar-refractivity contribution in [2.45, 2.75) is 43.4 Å². The number of halogens is 1. The first-order valence-electron chi connectivity index (χ1n) is 7.13. The van der Waals surface area contributed by atoms with Crippen LogP contribution in [0.15, 0.2) is 18.2 Å². The Kier molecular flexibility index (Phi) is 5.45. The van der Waals surface area contributed by atoms with Crippen LogP contribution in [0.5, 0.6) is 0 Å². The summed E-state index contributed by atoms with van der Waals surface area (Å²) in [5, 5.41) is 12.3. The average molecular weight is 292 g/mol. The number of nitriles is 1. The van der Waals surface area contributed by atoms with Gasteiger partial charge < -0.3 is 5.32 Å². The van der Waals surface area contributed by atoms with Crippen LogP contribution in [0.25, 0.3) is 0 Å². The topological polar surface area (TPSA) is 35.8 Å². The van der Waals surface area contributed by atoms with Gasteiger partial charge in [-0.3, -0.25) is 0 Å². The van der Waals surface area contributed by atoms with Gasteiger partial charge in [0.15, 0.2) is 0 Å². The molecule has 1 saturated carbocycles. The van der Waals surface area contributed by atoms with Crippen LogP contribution in [0, 0.1) is 17.1 Å². The van der Waals surface area contributed by atoms with Crippen molar-refractivity contribution in [3.8, 4) is 6.07 Å². The quantitative estimate of drug-likeness (QED) is 0.895. The first-order chi connectivity index (χ1) is 9.69. The summed E-state index contributed by atoms with van der Waals surface area (Å²) in [6.07, 6.45) is 8.57. The number of nitrogens with zero attached hydrogens (tertiary/aromatic N) is 1. The zero-order chi connectivity index (χ0) is 14.4. The van der Waals surface area contributed by atoms with Crippen LogP contribution in [0.4, 0.5) is 4.39 Å². The monoisotopic (exact) mass is 292 g/mol. The predicted molar refractivity (Wildman–Crippen MR) is 82.2 cm³/mol. The van der Waals surface area contributed by atoms with Crippen LogP contribution >= 0.6 is 11.8 Å². The Labute approximate surface area is 124 Å². The summed E-state index contributed by atoms with van der Waals surface area (Å²) in [6.45, 7) is 1.40. The molecule has 0 saturated heterocycles. The van der Waals surface area contributed by atoms with Crippen LogP contribution in [-0.4, -0.2) is 17.5 Å². The summed E-state index contributed by atoms with van der Waals surface area (Å²) < 4.78 is 14.0. The van der Waals surface area contributed by atoms with Gasteiger partial charge in [0.05, 0.1) is 11.6 Å². The summed E-state index contributed by atoms with van der Waals surface area (Å²) >= 11 is 1.93. The smallest absolute Gasteiger partial charge is 0.127 e. The predicted octanol–water partition coefficient (Wildman–Crippen LogP) is 3.85. The minimum atomic E-state index is -0.238. The third-order valence-corrected chi connectivity index (χ3v) is 5.55. The molecule has 1 N–H and O–H groups in total. The van der Waals surface area contributed by atoms with Gasteiger partial charge in [0.1, 0.15) is 5.82 Å². The Morgan fingerprint density at radius 1 is 1.35 bits per heavy atom. The Morgan fingerprint density at radius 3 is 2.75 bits per heavy atom. The highest BCUT2D eigenvalue weighted by molar-refractivity contribution is 8.00. The largest absolute Gasteiger partial charge is 0.311 e. The van der Waals surface area contributed by atoms with Gasteiger partial charge in [-0.2, -0.15) is 17.0 Å². The SMILES string of the molecule is CSC1(CNCc2cc(C#N)ccc2F)CCCCC1. The molecule has 0 bridgehead atoms. The third-order valence-electron chi connectivity index (χ3n) is 4.14. The van der Waals surface area contributed by atoms with Gasteiger partial charge in [0.25, 0.3) is 0 Å². The molecule has 0 aromatic heterocycles. The number of rotatable bonds is 5. The van der Waals surface area contributed by atoms with E-state index in [4.69, 9.17) is 5.26 Å². The number of nitrogens with one attached hydrogen (secondary N) is 1. The minimum Gasteiger partial charge on any atom is -0.311 e. The molecule has 0 amide bonds. The molecule has 1 aromatic rings. The highest BCUT2D eigenvalue weighted by Gasteiger charge is 2.30. The maximum Gasteiger partial charge on any atom is 0.127 e. The molecular weight excluding hydrogens is 271 g/mol. The standard InChI is InChI=1S/C16H21FN2S/c1-20-16(7-3-2-4-8-16)12-19-11-14-9-13(10-18)5-6-15(14)17/h5-6,9,19H,2-4,7-8,11-12H2,1H3. The van der Waals surface area contributed by atoms with Gasteiger partial charge >= 0.3 is 0 Å². The fourth-order valence-corrected chi connectivity index (χ4v) is 3.80. The molecule has 1 fully saturated rings. The number of hydrogen-bond donors (Lipinski definition) is 1. The zero-order valence-corrected chi connectivity index (χ0v) is 12.7. The van der Waals surface area contributed by atoms with Gasteiger partial charge in [0, 0.05) is 23.4 Å². The lowest BCUT2D eigenvalue weighted by atomic mass is 9.88. The first kappa shape index (κ1) is 15.3. The van der Waals surface area contributed by atoms with E-state index in [1.165, 1.54) is 44.2 Å². The van der Waals surface area contributed by atoms with Crippen LogP contribution in [-0.2, 0) is 6.54 Å². The average Bonchev–Trinajstić information content (AvgIpc) is 2.50. The Bertz CT molecular complexity index is 490. The second-order valence-electron chi connectivity index (χ2n) is 5.47. The highest BCUT2D eigenvalue weighted by atomic mass is 32.2.